The van der Waals surface area contributed by atoms with E-state index in [0.717, 1.165) is 22.4 Å². The number of allylic oxidation sites excluding steroid dienone is 1. The largest absolute Gasteiger partial charge is 0.497 e. The topological polar surface area (TPSA) is 68.5 Å². The fraction of sp³-hybridized carbons (Fsp3) is 0.120. The van der Waals surface area contributed by atoms with Crippen molar-refractivity contribution in [2.24, 2.45) is 0 Å². The number of methoxy groups -OCH3 is 2. The van der Waals surface area contributed by atoms with Gasteiger partial charge in [0.25, 0.3) is 0 Å². The van der Waals surface area contributed by atoms with Crippen LogP contribution in [0.15, 0.2) is 66.7 Å². The molecule has 0 amide bonds. The number of esters is 1. The highest BCUT2D eigenvalue weighted by Gasteiger charge is 2.13. The molecule has 0 aliphatic heterocycles. The first-order valence-corrected chi connectivity index (χ1v) is 9.27. The zero-order valence-electron chi connectivity index (χ0n) is 17.0. The summed E-state index contributed by atoms with van der Waals surface area (Å²) in [7, 11) is 3.09. The van der Waals surface area contributed by atoms with Crippen LogP contribution < -0.4 is 14.2 Å². The smallest absolute Gasteiger partial charge is 0.343 e. The molecule has 0 fully saturated rings. The molecule has 3 aromatic carbocycles. The average molecular weight is 399 g/mol. The highest BCUT2D eigenvalue weighted by Crippen LogP contribution is 2.31. The van der Waals surface area contributed by atoms with Crippen LogP contribution in [0.1, 0.15) is 27.0 Å². The minimum Gasteiger partial charge on any atom is -0.497 e. The normalized spacial score (nSPS) is 10.8. The Bertz CT molecular complexity index is 1110. The molecular weight excluding hydrogens is 378 g/mol. The second-order valence-corrected chi connectivity index (χ2v) is 6.56. The highest BCUT2D eigenvalue weighted by atomic mass is 16.6. The van der Waals surface area contributed by atoms with Crippen molar-refractivity contribution in [3.05, 3.63) is 89.0 Å². The Morgan fingerprint density at radius 3 is 2.13 bits per heavy atom. The number of nitriles is 1. The molecular formula is C25H21NO4. The first-order chi connectivity index (χ1) is 14.5. The van der Waals surface area contributed by atoms with Gasteiger partial charge >= 0.3 is 5.97 Å². The van der Waals surface area contributed by atoms with E-state index in [-0.39, 0.29) is 0 Å². The number of aryl methyl sites for hydroxylation is 1. The van der Waals surface area contributed by atoms with Gasteiger partial charge in [0.2, 0.25) is 0 Å². The first kappa shape index (κ1) is 20.7. The van der Waals surface area contributed by atoms with Gasteiger partial charge in [0.15, 0.2) is 11.5 Å². The van der Waals surface area contributed by atoms with Crippen LogP contribution in [0, 0.1) is 18.3 Å². The molecule has 0 bridgehead atoms. The van der Waals surface area contributed by atoms with E-state index >= 15 is 0 Å². The Morgan fingerprint density at radius 2 is 1.53 bits per heavy atom. The fourth-order valence-corrected chi connectivity index (χ4v) is 2.82. The summed E-state index contributed by atoms with van der Waals surface area (Å²) in [5.74, 6) is 0.962. The van der Waals surface area contributed by atoms with Gasteiger partial charge in [-0.15, -0.1) is 0 Å². The van der Waals surface area contributed by atoms with Gasteiger partial charge in [0.05, 0.1) is 31.4 Å². The van der Waals surface area contributed by atoms with Crippen LogP contribution in [-0.2, 0) is 0 Å². The number of carbonyl (C=O) groups excluding carboxylic acids is 1. The number of ether oxygens (including phenoxy) is 3. The van der Waals surface area contributed by atoms with E-state index in [1.165, 1.54) is 7.11 Å². The molecule has 0 N–H and O–H groups in total. The van der Waals surface area contributed by atoms with Gasteiger partial charge in [-0.05, 0) is 72.7 Å². The minimum atomic E-state index is -0.465. The van der Waals surface area contributed by atoms with E-state index < -0.39 is 5.97 Å². The highest BCUT2D eigenvalue weighted by molar-refractivity contribution is 5.92. The maximum atomic E-state index is 12.4. The van der Waals surface area contributed by atoms with E-state index in [0.29, 0.717) is 22.6 Å². The van der Waals surface area contributed by atoms with Crippen molar-refractivity contribution in [3.8, 4) is 23.3 Å². The molecule has 0 aliphatic carbocycles. The molecule has 0 spiro atoms. The monoisotopic (exact) mass is 399 g/mol. The van der Waals surface area contributed by atoms with Crippen molar-refractivity contribution in [1.29, 1.82) is 5.26 Å². The summed E-state index contributed by atoms with van der Waals surface area (Å²) < 4.78 is 16.0. The van der Waals surface area contributed by atoms with E-state index in [1.54, 1.807) is 55.7 Å². The summed E-state index contributed by atoms with van der Waals surface area (Å²) in [6.45, 7) is 1.95. The molecule has 0 aliphatic rings. The van der Waals surface area contributed by atoms with Crippen molar-refractivity contribution in [2.45, 2.75) is 6.92 Å². The van der Waals surface area contributed by atoms with E-state index in [2.05, 4.69) is 6.07 Å². The van der Waals surface area contributed by atoms with Gasteiger partial charge in [-0.25, -0.2) is 4.79 Å². The lowest BCUT2D eigenvalue weighted by Crippen LogP contribution is -2.09. The summed E-state index contributed by atoms with van der Waals surface area (Å²) in [4.78, 5) is 12.4. The molecule has 150 valence electrons. The SMILES string of the molecule is COc1ccc(/C(C#N)=C\c2ccc(OC(=O)c3ccc(C)cc3)c(OC)c2)cc1. The van der Waals surface area contributed by atoms with E-state index in [9.17, 15) is 10.1 Å². The van der Waals surface area contributed by atoms with Crippen LogP contribution in [0.2, 0.25) is 0 Å². The average Bonchev–Trinajstić information content (AvgIpc) is 2.78. The van der Waals surface area contributed by atoms with Crippen LogP contribution in [0.3, 0.4) is 0 Å². The Labute approximate surface area is 175 Å². The molecule has 5 nitrogen and oxygen atoms in total. The molecule has 30 heavy (non-hydrogen) atoms. The molecule has 3 rings (SSSR count). The second-order valence-electron chi connectivity index (χ2n) is 6.56. The lowest BCUT2D eigenvalue weighted by molar-refractivity contribution is 0.0729. The lowest BCUT2D eigenvalue weighted by atomic mass is 10.0. The third kappa shape index (κ3) is 4.86. The molecule has 0 atom stereocenters. The molecule has 0 unspecified atom stereocenters. The predicted octanol–water partition coefficient (Wildman–Crippen LogP) is 5.30. The van der Waals surface area contributed by atoms with Crippen LogP contribution in [-0.4, -0.2) is 20.2 Å². The summed E-state index contributed by atoms with van der Waals surface area (Å²) in [5, 5.41) is 9.56. The summed E-state index contributed by atoms with van der Waals surface area (Å²) in [5.41, 5.74) is 3.52. The zero-order valence-corrected chi connectivity index (χ0v) is 17.0. The maximum Gasteiger partial charge on any atom is 0.343 e. The van der Waals surface area contributed by atoms with Gasteiger partial charge in [-0.1, -0.05) is 23.8 Å². The number of rotatable bonds is 6. The summed E-state index contributed by atoms with van der Waals surface area (Å²) in [6, 6.07) is 21.7. The van der Waals surface area contributed by atoms with Crippen LogP contribution in [0.4, 0.5) is 0 Å². The Morgan fingerprint density at radius 1 is 0.867 bits per heavy atom. The lowest BCUT2D eigenvalue weighted by Gasteiger charge is -2.10. The summed E-state index contributed by atoms with van der Waals surface area (Å²) >= 11 is 0. The molecule has 5 heteroatoms. The number of hydrogen-bond donors (Lipinski definition) is 0. The fourth-order valence-electron chi connectivity index (χ4n) is 2.82. The Hall–Kier alpha value is -4.04. The van der Waals surface area contributed by atoms with Gasteiger partial charge in [0.1, 0.15) is 5.75 Å². The van der Waals surface area contributed by atoms with Crippen LogP contribution in [0.5, 0.6) is 17.2 Å². The van der Waals surface area contributed by atoms with Gasteiger partial charge in [-0.3, -0.25) is 0 Å². The molecule has 0 heterocycles. The molecule has 0 saturated heterocycles. The number of carbonyl (C=O) groups is 1. The third-order valence-corrected chi connectivity index (χ3v) is 4.51. The van der Waals surface area contributed by atoms with E-state index in [4.69, 9.17) is 14.2 Å². The zero-order chi connectivity index (χ0) is 21.5. The quantitative estimate of drug-likeness (QED) is 0.244. The van der Waals surface area contributed by atoms with Crippen molar-refractivity contribution in [1.82, 2.24) is 0 Å². The molecule has 0 saturated carbocycles. The molecule has 0 aromatic heterocycles. The maximum absolute atomic E-state index is 12.4. The Kier molecular flexibility index (Phi) is 6.51. The van der Waals surface area contributed by atoms with Crippen molar-refractivity contribution in [2.75, 3.05) is 14.2 Å². The van der Waals surface area contributed by atoms with Gasteiger partial charge in [-0.2, -0.15) is 5.26 Å². The van der Waals surface area contributed by atoms with Crippen molar-refractivity contribution in [3.63, 3.8) is 0 Å². The molecule has 0 radical (unpaired) electrons. The second kappa shape index (κ2) is 9.44. The number of benzene rings is 3. The van der Waals surface area contributed by atoms with Crippen LogP contribution >= 0.6 is 0 Å². The van der Waals surface area contributed by atoms with Crippen molar-refractivity contribution >= 4 is 17.6 Å². The molecule has 3 aromatic rings. The predicted molar refractivity (Wildman–Crippen MR) is 116 cm³/mol. The third-order valence-electron chi connectivity index (χ3n) is 4.51. The van der Waals surface area contributed by atoms with Gasteiger partial charge < -0.3 is 14.2 Å². The number of nitrogens with zero attached hydrogens (tertiary/aromatic N) is 1. The van der Waals surface area contributed by atoms with Gasteiger partial charge in [0, 0.05) is 0 Å². The van der Waals surface area contributed by atoms with Crippen LogP contribution in [0.25, 0.3) is 11.6 Å². The van der Waals surface area contributed by atoms with E-state index in [1.807, 2.05) is 31.2 Å². The first-order valence-electron chi connectivity index (χ1n) is 9.27. The minimum absolute atomic E-state index is 0.309. The van der Waals surface area contributed by atoms with Crippen molar-refractivity contribution < 1.29 is 19.0 Å². The Balaban J connectivity index is 1.85. The summed E-state index contributed by atoms with van der Waals surface area (Å²) in [6.07, 6.45) is 1.75. The number of hydrogen-bond acceptors (Lipinski definition) is 5. The standard InChI is InChI=1S/C25H21NO4/c1-17-4-7-20(8-5-17)25(27)30-23-13-6-18(15-24(23)29-3)14-21(16-26)19-9-11-22(28-2)12-10-19/h4-15H,1-3H3/b21-14-.